The van der Waals surface area contributed by atoms with Gasteiger partial charge in [0.05, 0.1) is 10.7 Å². The van der Waals surface area contributed by atoms with Crippen LogP contribution in [0, 0.1) is 5.82 Å². The Labute approximate surface area is 152 Å². The summed E-state index contributed by atoms with van der Waals surface area (Å²) in [6, 6.07) is 8.08. The molecule has 1 N–H and O–H groups in total. The molecule has 0 spiro atoms. The van der Waals surface area contributed by atoms with Crippen molar-refractivity contribution >= 4 is 44.9 Å². The highest BCUT2D eigenvalue weighted by molar-refractivity contribution is 9.10. The van der Waals surface area contributed by atoms with Crippen LogP contribution in [0.5, 0.6) is 0 Å². The number of nitrogens with zero attached hydrogens (tertiary/aromatic N) is 2. The molecule has 1 aromatic carbocycles. The van der Waals surface area contributed by atoms with Crippen molar-refractivity contribution in [2.75, 3.05) is 23.3 Å². The summed E-state index contributed by atoms with van der Waals surface area (Å²) >= 11 is 9.33. The second-order valence-electron chi connectivity index (χ2n) is 5.31. The number of anilines is 2. The van der Waals surface area contributed by atoms with E-state index in [1.54, 1.807) is 24.4 Å². The zero-order chi connectivity index (χ0) is 17.1. The van der Waals surface area contributed by atoms with E-state index < -0.39 is 5.82 Å². The van der Waals surface area contributed by atoms with Gasteiger partial charge in [-0.15, -0.1) is 0 Å². The molecule has 4 nitrogen and oxygen atoms in total. The van der Waals surface area contributed by atoms with E-state index >= 15 is 0 Å². The fourth-order valence-electron chi connectivity index (χ4n) is 2.47. The number of carbonyl (C=O) groups is 1. The fourth-order valence-corrected chi connectivity index (χ4v) is 3.05. The summed E-state index contributed by atoms with van der Waals surface area (Å²) in [5.41, 5.74) is 0.792. The summed E-state index contributed by atoms with van der Waals surface area (Å²) in [6.07, 6.45) is 4.04. The van der Waals surface area contributed by atoms with Crippen molar-refractivity contribution in [3.05, 3.63) is 63.5 Å². The van der Waals surface area contributed by atoms with Crippen molar-refractivity contribution in [2.24, 2.45) is 0 Å². The van der Waals surface area contributed by atoms with Gasteiger partial charge in [-0.1, -0.05) is 33.6 Å². The number of rotatable bonds is 3. The molecule has 1 amide bonds. The van der Waals surface area contributed by atoms with E-state index in [1.807, 2.05) is 11.0 Å². The van der Waals surface area contributed by atoms with Gasteiger partial charge in [-0.25, -0.2) is 9.37 Å². The molecule has 0 radical (unpaired) electrons. The van der Waals surface area contributed by atoms with Crippen LogP contribution in [-0.4, -0.2) is 24.0 Å². The monoisotopic (exact) mass is 409 g/mol. The van der Waals surface area contributed by atoms with Gasteiger partial charge in [-0.05, 0) is 36.8 Å². The summed E-state index contributed by atoms with van der Waals surface area (Å²) in [4.78, 5) is 18.6. The molecule has 0 bridgehead atoms. The molecule has 0 aliphatic carbocycles. The first-order valence-electron chi connectivity index (χ1n) is 7.35. The van der Waals surface area contributed by atoms with Crippen LogP contribution in [0.2, 0.25) is 5.02 Å². The van der Waals surface area contributed by atoms with Crippen LogP contribution in [0.4, 0.5) is 15.9 Å². The summed E-state index contributed by atoms with van der Waals surface area (Å²) in [7, 11) is 0. The molecule has 24 heavy (non-hydrogen) atoms. The van der Waals surface area contributed by atoms with E-state index in [0.717, 1.165) is 0 Å². The second kappa shape index (κ2) is 7.32. The number of carbonyl (C=O) groups excluding carboxylic acids is 1. The normalized spacial score (nSPS) is 14.3. The van der Waals surface area contributed by atoms with Crippen LogP contribution in [-0.2, 0) is 4.79 Å². The minimum atomic E-state index is -0.476. The predicted octanol–water partition coefficient (Wildman–Crippen LogP) is 4.41. The summed E-state index contributed by atoms with van der Waals surface area (Å²) in [5, 5.41) is 3.19. The number of benzene rings is 1. The van der Waals surface area contributed by atoms with Gasteiger partial charge in [-0.3, -0.25) is 4.79 Å². The van der Waals surface area contributed by atoms with Crippen LogP contribution in [0.15, 0.2) is 52.7 Å². The zero-order valence-electron chi connectivity index (χ0n) is 12.6. The smallest absolute Gasteiger partial charge is 0.251 e. The summed E-state index contributed by atoms with van der Waals surface area (Å²) in [6.45, 7) is 1.15. The molecule has 0 fully saturated rings. The maximum absolute atomic E-state index is 13.8. The molecule has 3 rings (SSSR count). The summed E-state index contributed by atoms with van der Waals surface area (Å²) < 4.78 is 14.4. The average molecular weight is 411 g/mol. The van der Waals surface area contributed by atoms with Gasteiger partial charge in [-0.2, -0.15) is 0 Å². The number of hydrogen-bond acceptors (Lipinski definition) is 3. The lowest BCUT2D eigenvalue weighted by Gasteiger charge is -2.27. The Morgan fingerprint density at radius 2 is 2.21 bits per heavy atom. The van der Waals surface area contributed by atoms with Gasteiger partial charge in [0.2, 0.25) is 0 Å². The molecule has 124 valence electrons. The number of pyridine rings is 1. The van der Waals surface area contributed by atoms with Crippen molar-refractivity contribution < 1.29 is 9.18 Å². The van der Waals surface area contributed by atoms with Crippen molar-refractivity contribution in [1.82, 2.24) is 4.98 Å². The highest BCUT2D eigenvalue weighted by Crippen LogP contribution is 2.26. The highest BCUT2D eigenvalue weighted by atomic mass is 79.9. The molecule has 1 aliphatic rings. The van der Waals surface area contributed by atoms with Crippen LogP contribution in [0.1, 0.15) is 6.42 Å². The Kier molecular flexibility index (Phi) is 5.16. The van der Waals surface area contributed by atoms with Crippen molar-refractivity contribution in [3.63, 3.8) is 0 Å². The molecule has 2 aromatic rings. The Morgan fingerprint density at radius 3 is 2.88 bits per heavy atom. The fraction of sp³-hybridized carbons (Fsp3) is 0.176. The third kappa shape index (κ3) is 3.76. The third-order valence-corrected chi connectivity index (χ3v) is 4.51. The number of nitrogens with one attached hydrogen (secondary N) is 1. The zero-order valence-corrected chi connectivity index (χ0v) is 14.9. The first kappa shape index (κ1) is 16.9. The van der Waals surface area contributed by atoms with E-state index in [2.05, 4.69) is 26.2 Å². The number of halogens is 3. The SMILES string of the molecule is O=C(Nc1ccc(Br)cc1F)C1=CCN(c2ncccc2Cl)CC1. The molecule has 1 aliphatic heterocycles. The van der Waals surface area contributed by atoms with Gasteiger partial charge < -0.3 is 10.2 Å². The molecule has 0 unspecified atom stereocenters. The third-order valence-electron chi connectivity index (χ3n) is 3.72. The molecule has 0 saturated carbocycles. The number of aromatic nitrogens is 1. The Bertz CT molecular complexity index is 812. The lowest BCUT2D eigenvalue weighted by atomic mass is 10.1. The lowest BCUT2D eigenvalue weighted by molar-refractivity contribution is -0.113. The minimum absolute atomic E-state index is 0.166. The maximum atomic E-state index is 13.8. The van der Waals surface area contributed by atoms with E-state index in [1.165, 1.54) is 12.1 Å². The Morgan fingerprint density at radius 1 is 1.38 bits per heavy atom. The average Bonchev–Trinajstić information content (AvgIpc) is 2.58. The van der Waals surface area contributed by atoms with Crippen LogP contribution < -0.4 is 10.2 Å². The molecule has 7 heteroatoms. The minimum Gasteiger partial charge on any atom is -0.351 e. The summed E-state index contributed by atoms with van der Waals surface area (Å²) in [5.74, 6) is -0.0622. The highest BCUT2D eigenvalue weighted by Gasteiger charge is 2.20. The van der Waals surface area contributed by atoms with Crippen molar-refractivity contribution in [1.29, 1.82) is 0 Å². The van der Waals surface area contributed by atoms with Crippen molar-refractivity contribution in [3.8, 4) is 0 Å². The molecule has 0 saturated heterocycles. The standard InChI is InChI=1S/C17H14BrClFN3O/c18-12-3-4-15(14(20)10-12)22-17(24)11-5-8-23(9-6-11)16-13(19)2-1-7-21-16/h1-5,7,10H,6,8-9H2,(H,22,24). The van der Waals surface area contributed by atoms with Gasteiger partial charge >= 0.3 is 0 Å². The predicted molar refractivity (Wildman–Crippen MR) is 96.9 cm³/mol. The molecular weight excluding hydrogens is 397 g/mol. The van der Waals surface area contributed by atoms with Gasteiger partial charge in [0.25, 0.3) is 5.91 Å². The van der Waals surface area contributed by atoms with Crippen molar-refractivity contribution in [2.45, 2.75) is 6.42 Å². The van der Waals surface area contributed by atoms with Gasteiger partial charge in [0.15, 0.2) is 0 Å². The Hall–Kier alpha value is -1.92. The van der Waals surface area contributed by atoms with E-state index in [0.29, 0.717) is 40.4 Å². The lowest BCUT2D eigenvalue weighted by Crippen LogP contribution is -2.32. The van der Waals surface area contributed by atoms with Crippen LogP contribution in [0.25, 0.3) is 0 Å². The Balaban J connectivity index is 1.68. The first-order chi connectivity index (χ1) is 11.5. The van der Waals surface area contributed by atoms with Gasteiger partial charge in [0.1, 0.15) is 11.6 Å². The van der Waals surface area contributed by atoms with E-state index in [-0.39, 0.29) is 11.6 Å². The first-order valence-corrected chi connectivity index (χ1v) is 8.52. The molecule has 2 heterocycles. The molecule has 1 aromatic heterocycles. The van der Waals surface area contributed by atoms with E-state index in [9.17, 15) is 9.18 Å². The largest absolute Gasteiger partial charge is 0.351 e. The quantitative estimate of drug-likeness (QED) is 0.815. The molecule has 0 atom stereocenters. The van der Waals surface area contributed by atoms with Gasteiger partial charge in [0, 0.05) is 29.3 Å². The molecular formula is C17H14BrClFN3O. The topological polar surface area (TPSA) is 45.2 Å². The number of amides is 1. The van der Waals surface area contributed by atoms with Crippen LogP contribution in [0.3, 0.4) is 0 Å². The number of hydrogen-bond donors (Lipinski definition) is 1. The van der Waals surface area contributed by atoms with Crippen LogP contribution >= 0.6 is 27.5 Å². The van der Waals surface area contributed by atoms with E-state index in [4.69, 9.17) is 11.6 Å². The maximum Gasteiger partial charge on any atom is 0.251 e. The second-order valence-corrected chi connectivity index (χ2v) is 6.64.